The number of hydrogen-bond acceptors (Lipinski definition) is 1. The van der Waals surface area contributed by atoms with Crippen LogP contribution in [0.4, 0.5) is 11.4 Å². The number of alkyl halides is 1. The van der Waals surface area contributed by atoms with Crippen LogP contribution in [-0.4, -0.2) is 11.9 Å². The first-order chi connectivity index (χ1) is 9.35. The van der Waals surface area contributed by atoms with Gasteiger partial charge in [0.15, 0.2) is 0 Å². The van der Waals surface area contributed by atoms with Gasteiger partial charge in [-0.25, -0.2) is 0 Å². The van der Waals surface area contributed by atoms with E-state index in [0.29, 0.717) is 0 Å². The summed E-state index contributed by atoms with van der Waals surface area (Å²) in [6.45, 7) is 3.17. The number of nitrogens with zero attached hydrogens (tertiary/aromatic N) is 1. The molecule has 2 aromatic carbocycles. The second kappa shape index (κ2) is 5.22. The number of rotatable bonds is 2. The molecule has 0 atom stereocenters. The SMILES string of the molecule is CCN1c2ccccc2C=C(CBr)c2ccccc21. The summed E-state index contributed by atoms with van der Waals surface area (Å²) in [6.07, 6.45) is 2.29. The fourth-order valence-electron chi connectivity index (χ4n) is 2.68. The molecule has 0 bridgehead atoms. The molecule has 0 aliphatic carbocycles. The van der Waals surface area contributed by atoms with Gasteiger partial charge in [0.2, 0.25) is 0 Å². The lowest BCUT2D eigenvalue weighted by atomic mass is 10.0. The average Bonchev–Trinajstić information content (AvgIpc) is 2.61. The van der Waals surface area contributed by atoms with Crippen LogP contribution in [0.3, 0.4) is 0 Å². The molecule has 0 N–H and O–H groups in total. The molecule has 1 aliphatic rings. The minimum absolute atomic E-state index is 0.871. The number of benzene rings is 2. The molecule has 0 aromatic heterocycles. The third-order valence-electron chi connectivity index (χ3n) is 3.56. The molecule has 0 fully saturated rings. The molecule has 96 valence electrons. The zero-order valence-corrected chi connectivity index (χ0v) is 12.5. The molecule has 0 radical (unpaired) electrons. The van der Waals surface area contributed by atoms with Crippen molar-refractivity contribution >= 4 is 39.0 Å². The second-order valence-electron chi connectivity index (χ2n) is 4.62. The van der Waals surface area contributed by atoms with Crippen LogP contribution in [0, 0.1) is 0 Å². The van der Waals surface area contributed by atoms with Crippen molar-refractivity contribution in [1.29, 1.82) is 0 Å². The number of para-hydroxylation sites is 2. The van der Waals surface area contributed by atoms with E-state index < -0.39 is 0 Å². The van der Waals surface area contributed by atoms with Crippen molar-refractivity contribution in [2.24, 2.45) is 0 Å². The van der Waals surface area contributed by atoms with Gasteiger partial charge in [0, 0.05) is 28.8 Å². The summed E-state index contributed by atoms with van der Waals surface area (Å²) in [5.41, 5.74) is 6.51. The van der Waals surface area contributed by atoms with Gasteiger partial charge in [-0.05, 0) is 36.3 Å². The average molecular weight is 314 g/mol. The van der Waals surface area contributed by atoms with Crippen molar-refractivity contribution in [3.63, 3.8) is 0 Å². The molecule has 1 nitrogen and oxygen atoms in total. The second-order valence-corrected chi connectivity index (χ2v) is 5.18. The summed E-state index contributed by atoms with van der Waals surface area (Å²) < 4.78 is 0. The van der Waals surface area contributed by atoms with Crippen LogP contribution in [0.2, 0.25) is 0 Å². The number of halogens is 1. The Morgan fingerprint density at radius 2 is 1.63 bits per heavy atom. The molecule has 0 unspecified atom stereocenters. The number of hydrogen-bond donors (Lipinski definition) is 0. The zero-order chi connectivity index (χ0) is 13.2. The maximum absolute atomic E-state index is 3.62. The maximum Gasteiger partial charge on any atom is 0.0487 e. The first-order valence-electron chi connectivity index (χ1n) is 6.57. The van der Waals surface area contributed by atoms with E-state index >= 15 is 0 Å². The molecule has 19 heavy (non-hydrogen) atoms. The van der Waals surface area contributed by atoms with Gasteiger partial charge in [-0.3, -0.25) is 0 Å². The third-order valence-corrected chi connectivity index (χ3v) is 4.16. The topological polar surface area (TPSA) is 3.24 Å². The first kappa shape index (κ1) is 12.5. The zero-order valence-electron chi connectivity index (χ0n) is 10.9. The fourth-order valence-corrected chi connectivity index (χ4v) is 3.15. The van der Waals surface area contributed by atoms with Crippen LogP contribution < -0.4 is 4.90 Å². The Bertz CT molecular complexity index is 631. The maximum atomic E-state index is 3.62. The van der Waals surface area contributed by atoms with Crippen molar-refractivity contribution in [2.75, 3.05) is 16.8 Å². The van der Waals surface area contributed by atoms with E-state index in [9.17, 15) is 0 Å². The van der Waals surface area contributed by atoms with Gasteiger partial charge in [0.1, 0.15) is 0 Å². The van der Waals surface area contributed by atoms with Gasteiger partial charge < -0.3 is 4.90 Å². The Labute approximate surface area is 122 Å². The Hall–Kier alpha value is -1.54. The van der Waals surface area contributed by atoms with E-state index in [1.807, 2.05) is 0 Å². The fraction of sp³-hybridized carbons (Fsp3) is 0.176. The lowest BCUT2D eigenvalue weighted by Gasteiger charge is -2.25. The Kier molecular flexibility index (Phi) is 3.43. The summed E-state index contributed by atoms with van der Waals surface area (Å²) >= 11 is 3.62. The van der Waals surface area contributed by atoms with Crippen LogP contribution in [0.25, 0.3) is 11.6 Å². The van der Waals surface area contributed by atoms with Crippen LogP contribution in [0.1, 0.15) is 18.1 Å². The molecule has 0 spiro atoms. The normalized spacial score (nSPS) is 13.4. The summed E-state index contributed by atoms with van der Waals surface area (Å²) in [6, 6.07) is 17.2. The molecular weight excluding hydrogens is 298 g/mol. The highest BCUT2D eigenvalue weighted by molar-refractivity contribution is 9.09. The highest BCUT2D eigenvalue weighted by atomic mass is 79.9. The van der Waals surface area contributed by atoms with Crippen LogP contribution in [0.15, 0.2) is 48.5 Å². The van der Waals surface area contributed by atoms with Crippen molar-refractivity contribution in [3.05, 3.63) is 59.7 Å². The van der Waals surface area contributed by atoms with Crippen molar-refractivity contribution < 1.29 is 0 Å². The molecule has 2 heteroatoms. The summed E-state index contributed by atoms with van der Waals surface area (Å²) in [4.78, 5) is 2.39. The summed E-state index contributed by atoms with van der Waals surface area (Å²) in [7, 11) is 0. The van der Waals surface area contributed by atoms with Gasteiger partial charge in [0.05, 0.1) is 0 Å². The van der Waals surface area contributed by atoms with E-state index in [-0.39, 0.29) is 0 Å². The van der Waals surface area contributed by atoms with E-state index in [1.165, 1.54) is 28.1 Å². The van der Waals surface area contributed by atoms with Gasteiger partial charge >= 0.3 is 0 Å². The molecule has 3 rings (SSSR count). The van der Waals surface area contributed by atoms with E-state index in [2.05, 4.69) is 82.4 Å². The molecule has 1 aliphatic heterocycles. The van der Waals surface area contributed by atoms with Gasteiger partial charge in [0.25, 0.3) is 0 Å². The monoisotopic (exact) mass is 313 g/mol. The minimum atomic E-state index is 0.871. The molecular formula is C17H16BrN. The smallest absolute Gasteiger partial charge is 0.0487 e. The first-order valence-corrected chi connectivity index (χ1v) is 7.69. The highest BCUT2D eigenvalue weighted by Gasteiger charge is 2.19. The Morgan fingerprint density at radius 1 is 0.947 bits per heavy atom. The van der Waals surface area contributed by atoms with Crippen LogP contribution in [0.5, 0.6) is 0 Å². The lowest BCUT2D eigenvalue weighted by molar-refractivity contribution is 1.02. The van der Waals surface area contributed by atoms with E-state index in [4.69, 9.17) is 0 Å². The lowest BCUT2D eigenvalue weighted by Crippen LogP contribution is -2.17. The predicted octanol–water partition coefficient (Wildman–Crippen LogP) is 5.09. The third kappa shape index (κ3) is 2.10. The number of fused-ring (bicyclic) bond motifs is 2. The molecule has 0 saturated heterocycles. The quantitative estimate of drug-likeness (QED) is 0.698. The van der Waals surface area contributed by atoms with E-state index in [0.717, 1.165) is 11.9 Å². The van der Waals surface area contributed by atoms with Crippen LogP contribution >= 0.6 is 15.9 Å². The van der Waals surface area contributed by atoms with Gasteiger partial charge in [-0.1, -0.05) is 52.3 Å². The number of anilines is 2. The Balaban J connectivity index is 2.31. The largest absolute Gasteiger partial charge is 0.341 e. The molecule has 0 amide bonds. The number of allylic oxidation sites excluding steroid dienone is 1. The molecule has 0 saturated carbocycles. The Morgan fingerprint density at radius 3 is 2.37 bits per heavy atom. The van der Waals surface area contributed by atoms with Crippen molar-refractivity contribution in [2.45, 2.75) is 6.92 Å². The van der Waals surface area contributed by atoms with Crippen molar-refractivity contribution in [3.8, 4) is 0 Å². The molecule has 1 heterocycles. The predicted molar refractivity (Wildman–Crippen MR) is 87.2 cm³/mol. The van der Waals surface area contributed by atoms with Crippen molar-refractivity contribution in [1.82, 2.24) is 0 Å². The standard InChI is InChI=1S/C17H16BrN/c1-2-19-16-9-5-3-7-13(16)11-14(12-18)15-8-4-6-10-17(15)19/h3-11H,2,12H2,1H3. The van der Waals surface area contributed by atoms with Gasteiger partial charge in [-0.2, -0.15) is 0 Å². The molecule has 2 aromatic rings. The van der Waals surface area contributed by atoms with Gasteiger partial charge in [-0.15, -0.1) is 0 Å². The van der Waals surface area contributed by atoms with E-state index in [1.54, 1.807) is 0 Å². The van der Waals surface area contributed by atoms with Crippen LogP contribution in [-0.2, 0) is 0 Å². The minimum Gasteiger partial charge on any atom is -0.341 e. The summed E-state index contributed by atoms with van der Waals surface area (Å²) in [5.74, 6) is 0. The highest BCUT2D eigenvalue weighted by Crippen LogP contribution is 2.39. The summed E-state index contributed by atoms with van der Waals surface area (Å²) in [5, 5.41) is 0.871.